The van der Waals surface area contributed by atoms with E-state index in [0.29, 0.717) is 16.8 Å². The average molecular weight is 336 g/mol. The number of aromatic amines is 1. The molecule has 0 aliphatic heterocycles. The topological polar surface area (TPSA) is 83.3 Å². The number of nitrogens with one attached hydrogen (secondary N) is 1. The van der Waals surface area contributed by atoms with Crippen LogP contribution in [0.5, 0.6) is 5.88 Å². The highest BCUT2D eigenvalue weighted by molar-refractivity contribution is 5.77. The molecule has 0 saturated carbocycles. The van der Waals surface area contributed by atoms with E-state index in [1.165, 1.54) is 10.6 Å². The van der Waals surface area contributed by atoms with Crippen molar-refractivity contribution in [1.82, 2.24) is 19.6 Å². The number of nitrogens with zero attached hydrogens (tertiary/aromatic N) is 3. The van der Waals surface area contributed by atoms with Gasteiger partial charge in [0.1, 0.15) is 11.5 Å². The van der Waals surface area contributed by atoms with Gasteiger partial charge in [0.15, 0.2) is 0 Å². The molecule has 0 atom stereocenters. The summed E-state index contributed by atoms with van der Waals surface area (Å²) in [4.78, 5) is 19.1. The van der Waals surface area contributed by atoms with Gasteiger partial charge in [-0.1, -0.05) is 18.2 Å². The van der Waals surface area contributed by atoms with Crippen molar-refractivity contribution in [3.05, 3.63) is 82.3 Å². The van der Waals surface area contributed by atoms with Gasteiger partial charge >= 0.3 is 0 Å². The molecule has 0 amide bonds. The van der Waals surface area contributed by atoms with Crippen molar-refractivity contribution in [2.45, 2.75) is 6.42 Å². The first-order valence-corrected chi connectivity index (χ1v) is 7.61. The minimum atomic E-state index is -0.482. The highest BCUT2D eigenvalue weighted by atomic mass is 19.1. The molecule has 4 aromatic rings. The SMILES string of the molecule is O=c1[nH]c2c(-c3ccncc3)cnn2c(O)c1Cc1ccccc1F. The summed E-state index contributed by atoms with van der Waals surface area (Å²) in [7, 11) is 0. The second-order valence-electron chi connectivity index (χ2n) is 5.58. The first-order chi connectivity index (χ1) is 12.1. The van der Waals surface area contributed by atoms with Gasteiger partial charge in [-0.25, -0.2) is 4.39 Å². The number of aromatic nitrogens is 4. The number of aromatic hydroxyl groups is 1. The van der Waals surface area contributed by atoms with Crippen LogP contribution >= 0.6 is 0 Å². The standard InChI is InChI=1S/C18H13FN4O2/c19-15-4-2-1-3-12(15)9-13-17(24)22-16-14(10-21-23(16)18(13)25)11-5-7-20-8-6-11/h1-8,10,25H,9H2,(H,22,24). The van der Waals surface area contributed by atoms with Gasteiger partial charge in [0.25, 0.3) is 5.56 Å². The van der Waals surface area contributed by atoms with Crippen LogP contribution in [0.2, 0.25) is 0 Å². The summed E-state index contributed by atoms with van der Waals surface area (Å²) < 4.78 is 15.1. The van der Waals surface area contributed by atoms with E-state index >= 15 is 0 Å². The molecule has 6 nitrogen and oxygen atoms in total. The van der Waals surface area contributed by atoms with Gasteiger partial charge in [0.2, 0.25) is 5.88 Å². The molecule has 1 aromatic carbocycles. The molecule has 25 heavy (non-hydrogen) atoms. The number of rotatable bonds is 3. The van der Waals surface area contributed by atoms with Crippen LogP contribution in [-0.4, -0.2) is 24.7 Å². The second kappa shape index (κ2) is 5.86. The summed E-state index contributed by atoms with van der Waals surface area (Å²) in [5.74, 6) is -0.735. The van der Waals surface area contributed by atoms with Crippen molar-refractivity contribution in [1.29, 1.82) is 0 Å². The van der Waals surface area contributed by atoms with Crippen LogP contribution in [0.25, 0.3) is 16.8 Å². The van der Waals surface area contributed by atoms with Crippen LogP contribution in [0.3, 0.4) is 0 Å². The van der Waals surface area contributed by atoms with Gasteiger partial charge in [-0.3, -0.25) is 9.78 Å². The summed E-state index contributed by atoms with van der Waals surface area (Å²) in [6.07, 6.45) is 4.77. The van der Waals surface area contributed by atoms with Gasteiger partial charge in [-0.05, 0) is 29.3 Å². The van der Waals surface area contributed by atoms with Crippen LogP contribution in [0.4, 0.5) is 4.39 Å². The predicted octanol–water partition coefficient (Wildman–Crippen LogP) is 2.52. The molecular formula is C18H13FN4O2. The molecule has 0 bridgehead atoms. The Morgan fingerprint density at radius 2 is 1.92 bits per heavy atom. The number of fused-ring (bicyclic) bond motifs is 1. The Morgan fingerprint density at radius 1 is 1.16 bits per heavy atom. The highest BCUT2D eigenvalue weighted by Crippen LogP contribution is 2.26. The smallest absolute Gasteiger partial charge is 0.258 e. The number of hydrogen-bond acceptors (Lipinski definition) is 4. The lowest BCUT2D eigenvalue weighted by Crippen LogP contribution is -2.16. The maximum atomic E-state index is 13.9. The second-order valence-corrected chi connectivity index (χ2v) is 5.58. The normalized spacial score (nSPS) is 11.1. The summed E-state index contributed by atoms with van der Waals surface area (Å²) in [6.45, 7) is 0. The van der Waals surface area contributed by atoms with E-state index in [9.17, 15) is 14.3 Å². The van der Waals surface area contributed by atoms with E-state index in [1.807, 2.05) is 0 Å². The van der Waals surface area contributed by atoms with Crippen molar-refractivity contribution in [3.8, 4) is 17.0 Å². The summed E-state index contributed by atoms with van der Waals surface area (Å²) in [6, 6.07) is 9.69. The zero-order valence-electron chi connectivity index (χ0n) is 13.0. The molecule has 0 aliphatic rings. The predicted molar refractivity (Wildman–Crippen MR) is 89.9 cm³/mol. The highest BCUT2D eigenvalue weighted by Gasteiger charge is 2.17. The molecule has 0 unspecified atom stereocenters. The number of benzene rings is 1. The third kappa shape index (κ3) is 2.55. The van der Waals surface area contributed by atoms with E-state index in [0.717, 1.165) is 5.56 Å². The number of pyridine rings is 1. The Bertz CT molecular complexity index is 1120. The third-order valence-electron chi connectivity index (χ3n) is 4.06. The quantitative estimate of drug-likeness (QED) is 0.602. The fraction of sp³-hybridized carbons (Fsp3) is 0.0556. The average Bonchev–Trinajstić information content (AvgIpc) is 3.04. The van der Waals surface area contributed by atoms with Crippen molar-refractivity contribution < 1.29 is 9.50 Å². The van der Waals surface area contributed by atoms with E-state index in [4.69, 9.17) is 0 Å². The Labute approximate surface area is 141 Å². The van der Waals surface area contributed by atoms with Gasteiger partial charge in [0, 0.05) is 24.4 Å². The molecular weight excluding hydrogens is 323 g/mol. The Hall–Kier alpha value is -3.48. The van der Waals surface area contributed by atoms with Crippen LogP contribution in [0.1, 0.15) is 11.1 Å². The van der Waals surface area contributed by atoms with Gasteiger partial charge in [-0.15, -0.1) is 0 Å². The first-order valence-electron chi connectivity index (χ1n) is 7.61. The minimum absolute atomic E-state index is 0.0335. The molecule has 124 valence electrons. The Balaban J connectivity index is 1.86. The lowest BCUT2D eigenvalue weighted by Gasteiger charge is -2.07. The lowest BCUT2D eigenvalue weighted by molar-refractivity contribution is 0.427. The number of hydrogen-bond donors (Lipinski definition) is 2. The van der Waals surface area contributed by atoms with Crippen LogP contribution in [0, 0.1) is 5.82 Å². The maximum Gasteiger partial charge on any atom is 0.258 e. The summed E-state index contributed by atoms with van der Waals surface area (Å²) in [5.41, 5.74) is 1.73. The van der Waals surface area contributed by atoms with Gasteiger partial charge in [-0.2, -0.15) is 9.61 Å². The maximum absolute atomic E-state index is 13.9. The molecule has 0 aliphatic carbocycles. The summed E-state index contributed by atoms with van der Waals surface area (Å²) in [5, 5.41) is 14.6. The molecule has 3 heterocycles. The molecule has 3 aromatic heterocycles. The van der Waals surface area contributed by atoms with Crippen LogP contribution in [0.15, 0.2) is 59.8 Å². The van der Waals surface area contributed by atoms with E-state index in [1.54, 1.807) is 48.9 Å². The van der Waals surface area contributed by atoms with Crippen molar-refractivity contribution in [2.24, 2.45) is 0 Å². The number of H-pyrrole nitrogens is 1. The van der Waals surface area contributed by atoms with Crippen molar-refractivity contribution in [2.75, 3.05) is 0 Å². The van der Waals surface area contributed by atoms with Crippen molar-refractivity contribution in [3.63, 3.8) is 0 Å². The van der Waals surface area contributed by atoms with E-state index < -0.39 is 11.4 Å². The molecule has 2 N–H and O–H groups in total. The summed E-state index contributed by atoms with van der Waals surface area (Å²) >= 11 is 0. The molecule has 7 heteroatoms. The Kier molecular flexibility index (Phi) is 3.53. The molecule has 4 rings (SSSR count). The molecule has 0 radical (unpaired) electrons. The fourth-order valence-electron chi connectivity index (χ4n) is 2.78. The van der Waals surface area contributed by atoms with Crippen LogP contribution < -0.4 is 5.56 Å². The number of halogens is 1. The molecule has 0 saturated heterocycles. The third-order valence-corrected chi connectivity index (χ3v) is 4.06. The minimum Gasteiger partial charge on any atom is -0.493 e. The van der Waals surface area contributed by atoms with E-state index in [2.05, 4.69) is 15.1 Å². The van der Waals surface area contributed by atoms with Gasteiger partial charge < -0.3 is 10.1 Å². The van der Waals surface area contributed by atoms with E-state index in [-0.39, 0.29) is 17.9 Å². The molecule has 0 fully saturated rings. The first kappa shape index (κ1) is 15.1. The zero-order chi connectivity index (χ0) is 17.4. The Morgan fingerprint density at radius 3 is 2.68 bits per heavy atom. The molecule has 0 spiro atoms. The zero-order valence-corrected chi connectivity index (χ0v) is 13.0. The largest absolute Gasteiger partial charge is 0.493 e. The van der Waals surface area contributed by atoms with Crippen molar-refractivity contribution >= 4 is 5.65 Å². The fourth-order valence-corrected chi connectivity index (χ4v) is 2.78. The van der Waals surface area contributed by atoms with Gasteiger partial charge in [0.05, 0.1) is 11.8 Å². The monoisotopic (exact) mass is 336 g/mol. The van der Waals surface area contributed by atoms with Crippen LogP contribution in [-0.2, 0) is 6.42 Å². The lowest BCUT2D eigenvalue weighted by atomic mass is 10.1.